The topological polar surface area (TPSA) is 32.7 Å². The van der Waals surface area contributed by atoms with Gasteiger partial charge >= 0.3 is 0 Å². The maximum absolute atomic E-state index is 13.4. The zero-order chi connectivity index (χ0) is 19.7. The fourth-order valence-electron chi connectivity index (χ4n) is 2.92. The largest absolute Gasteiger partial charge is 0.282 e. The first-order valence-electron chi connectivity index (χ1n) is 8.43. The number of carbonyl (C=O) groups is 1. The predicted octanol–water partition coefficient (Wildman–Crippen LogP) is 6.19. The maximum Gasteiger partial charge on any atom is 0.282 e. The van der Waals surface area contributed by atoms with Crippen molar-refractivity contribution in [2.75, 3.05) is 4.90 Å². The van der Waals surface area contributed by atoms with Crippen LogP contribution in [0.3, 0.4) is 0 Å². The van der Waals surface area contributed by atoms with E-state index in [4.69, 9.17) is 0 Å². The highest BCUT2D eigenvalue weighted by atomic mass is 79.9. The molecule has 6 heteroatoms. The van der Waals surface area contributed by atoms with Crippen molar-refractivity contribution in [1.82, 2.24) is 0 Å². The van der Waals surface area contributed by atoms with Crippen LogP contribution < -0.4 is 4.90 Å². The number of rotatable bonds is 3. The van der Waals surface area contributed by atoms with Crippen LogP contribution >= 0.6 is 31.9 Å². The summed E-state index contributed by atoms with van der Waals surface area (Å²) in [5.41, 5.74) is 2.51. The third-order valence-corrected chi connectivity index (χ3v) is 5.17. The quantitative estimate of drug-likeness (QED) is 0.396. The molecule has 0 unspecified atom stereocenters. The van der Waals surface area contributed by atoms with E-state index in [9.17, 15) is 9.18 Å². The standard InChI is InChI=1S/C22H13Br2FN2O/c23-16-4-1-3-14(11-16)12-20-22(28)27(19-6-2-5-17(24)13-19)21(26-20)15-7-9-18(25)10-8-15/h1-13H/b20-12+. The Kier molecular flexibility index (Phi) is 5.24. The molecule has 1 heterocycles. The minimum atomic E-state index is -0.340. The maximum atomic E-state index is 13.4. The van der Waals surface area contributed by atoms with Crippen molar-refractivity contribution in [2.24, 2.45) is 4.99 Å². The lowest BCUT2D eigenvalue weighted by atomic mass is 10.1. The van der Waals surface area contributed by atoms with Crippen LogP contribution in [-0.4, -0.2) is 11.7 Å². The molecule has 0 atom stereocenters. The highest BCUT2D eigenvalue weighted by Crippen LogP contribution is 2.30. The fourth-order valence-corrected chi connectivity index (χ4v) is 3.72. The number of anilines is 1. The Balaban J connectivity index is 1.84. The molecular weight excluding hydrogens is 487 g/mol. The molecule has 3 aromatic rings. The van der Waals surface area contributed by atoms with E-state index in [0.717, 1.165) is 14.5 Å². The summed E-state index contributed by atoms with van der Waals surface area (Å²) >= 11 is 6.88. The molecule has 0 bridgehead atoms. The normalized spacial score (nSPS) is 15.2. The number of amides is 1. The second-order valence-corrected chi connectivity index (χ2v) is 7.98. The molecule has 3 aromatic carbocycles. The summed E-state index contributed by atoms with van der Waals surface area (Å²) < 4.78 is 15.1. The van der Waals surface area contributed by atoms with Crippen LogP contribution in [0.25, 0.3) is 6.08 Å². The first-order valence-corrected chi connectivity index (χ1v) is 10.0. The Bertz CT molecular complexity index is 1120. The van der Waals surface area contributed by atoms with Crippen LogP contribution in [0.2, 0.25) is 0 Å². The van der Waals surface area contributed by atoms with E-state index >= 15 is 0 Å². The summed E-state index contributed by atoms with van der Waals surface area (Å²) in [4.78, 5) is 19.3. The minimum absolute atomic E-state index is 0.239. The van der Waals surface area contributed by atoms with Crippen LogP contribution in [0.4, 0.5) is 10.1 Å². The average molecular weight is 500 g/mol. The van der Waals surface area contributed by atoms with E-state index in [0.29, 0.717) is 22.8 Å². The lowest BCUT2D eigenvalue weighted by molar-refractivity contribution is -0.113. The molecule has 3 nitrogen and oxygen atoms in total. The van der Waals surface area contributed by atoms with Gasteiger partial charge in [0.2, 0.25) is 0 Å². The van der Waals surface area contributed by atoms with Gasteiger partial charge in [-0.1, -0.05) is 50.1 Å². The molecule has 138 valence electrons. The second-order valence-electron chi connectivity index (χ2n) is 6.15. The smallest absolute Gasteiger partial charge is 0.266 e. The minimum Gasteiger partial charge on any atom is -0.266 e. The molecule has 28 heavy (non-hydrogen) atoms. The van der Waals surface area contributed by atoms with Gasteiger partial charge in [-0.15, -0.1) is 0 Å². The van der Waals surface area contributed by atoms with Crippen LogP contribution in [0.5, 0.6) is 0 Å². The molecule has 1 aliphatic heterocycles. The van der Waals surface area contributed by atoms with E-state index in [1.807, 2.05) is 48.5 Å². The van der Waals surface area contributed by atoms with Gasteiger partial charge in [0.15, 0.2) is 0 Å². The fraction of sp³-hybridized carbons (Fsp3) is 0. The molecule has 1 aliphatic rings. The molecule has 0 fully saturated rings. The first-order chi connectivity index (χ1) is 13.5. The number of halogens is 3. The average Bonchev–Trinajstić information content (AvgIpc) is 2.99. The third-order valence-electron chi connectivity index (χ3n) is 4.18. The van der Waals surface area contributed by atoms with Gasteiger partial charge < -0.3 is 0 Å². The monoisotopic (exact) mass is 498 g/mol. The van der Waals surface area contributed by atoms with Crippen molar-refractivity contribution >= 4 is 55.4 Å². The Labute approximate surface area is 178 Å². The van der Waals surface area contributed by atoms with E-state index in [1.165, 1.54) is 12.1 Å². The molecule has 1 amide bonds. The molecule has 0 aromatic heterocycles. The molecule has 0 radical (unpaired) electrons. The number of aliphatic imine (C=N–C) groups is 1. The van der Waals surface area contributed by atoms with Crippen molar-refractivity contribution in [1.29, 1.82) is 0 Å². The van der Waals surface area contributed by atoms with E-state index in [1.54, 1.807) is 23.1 Å². The van der Waals surface area contributed by atoms with Crippen LogP contribution in [0.15, 0.2) is 92.4 Å². The van der Waals surface area contributed by atoms with E-state index in [2.05, 4.69) is 36.9 Å². The van der Waals surface area contributed by atoms with Crippen molar-refractivity contribution in [3.63, 3.8) is 0 Å². The second kappa shape index (κ2) is 7.81. The molecule has 0 aliphatic carbocycles. The number of amidine groups is 1. The highest BCUT2D eigenvalue weighted by molar-refractivity contribution is 9.10. The molecular formula is C22H13Br2FN2O. The Hall–Kier alpha value is -2.57. The Morgan fingerprint density at radius 3 is 2.25 bits per heavy atom. The number of nitrogens with zero attached hydrogens (tertiary/aromatic N) is 2. The van der Waals surface area contributed by atoms with E-state index in [-0.39, 0.29) is 11.7 Å². The first kappa shape index (κ1) is 18.8. The lowest BCUT2D eigenvalue weighted by Crippen LogP contribution is -2.32. The van der Waals surface area contributed by atoms with Gasteiger partial charge in [0.25, 0.3) is 5.91 Å². The zero-order valence-electron chi connectivity index (χ0n) is 14.4. The summed E-state index contributed by atoms with van der Waals surface area (Å²) in [6.07, 6.45) is 1.74. The van der Waals surface area contributed by atoms with Crippen LogP contribution in [-0.2, 0) is 4.79 Å². The Morgan fingerprint density at radius 2 is 1.57 bits per heavy atom. The molecule has 0 spiro atoms. The summed E-state index contributed by atoms with van der Waals surface area (Å²) in [5.74, 6) is -0.116. The van der Waals surface area contributed by atoms with Gasteiger partial charge in [0, 0.05) is 14.5 Å². The van der Waals surface area contributed by atoms with Gasteiger partial charge in [-0.05, 0) is 66.2 Å². The van der Waals surface area contributed by atoms with Gasteiger partial charge in [-0.2, -0.15) is 0 Å². The number of benzene rings is 3. The zero-order valence-corrected chi connectivity index (χ0v) is 17.6. The highest BCUT2D eigenvalue weighted by Gasteiger charge is 2.32. The van der Waals surface area contributed by atoms with Crippen LogP contribution in [0, 0.1) is 5.82 Å². The van der Waals surface area contributed by atoms with Crippen molar-refractivity contribution in [2.45, 2.75) is 0 Å². The van der Waals surface area contributed by atoms with E-state index < -0.39 is 0 Å². The summed E-state index contributed by atoms with van der Waals surface area (Å²) in [6, 6.07) is 21.0. The molecule has 0 N–H and O–H groups in total. The van der Waals surface area contributed by atoms with Gasteiger partial charge in [0.05, 0.1) is 5.69 Å². The summed E-state index contributed by atoms with van der Waals surface area (Å²) in [6.45, 7) is 0. The van der Waals surface area contributed by atoms with Gasteiger partial charge in [-0.25, -0.2) is 9.38 Å². The summed E-state index contributed by atoms with van der Waals surface area (Å²) in [5, 5.41) is 0. The third kappa shape index (κ3) is 3.84. The van der Waals surface area contributed by atoms with Gasteiger partial charge in [-0.3, -0.25) is 9.69 Å². The predicted molar refractivity (Wildman–Crippen MR) is 117 cm³/mol. The Morgan fingerprint density at radius 1 is 0.893 bits per heavy atom. The molecule has 4 rings (SSSR count). The lowest BCUT2D eigenvalue weighted by Gasteiger charge is -2.18. The van der Waals surface area contributed by atoms with Crippen molar-refractivity contribution < 1.29 is 9.18 Å². The number of carbonyl (C=O) groups excluding carboxylic acids is 1. The van der Waals surface area contributed by atoms with Gasteiger partial charge in [0.1, 0.15) is 17.3 Å². The van der Waals surface area contributed by atoms with Crippen LogP contribution in [0.1, 0.15) is 11.1 Å². The molecule has 0 saturated carbocycles. The molecule has 0 saturated heterocycles. The van der Waals surface area contributed by atoms with Crippen molar-refractivity contribution in [3.05, 3.63) is 104 Å². The van der Waals surface area contributed by atoms with Crippen molar-refractivity contribution in [3.8, 4) is 0 Å². The summed E-state index contributed by atoms with van der Waals surface area (Å²) in [7, 11) is 0. The number of hydrogen-bond donors (Lipinski definition) is 0. The SMILES string of the molecule is O=C1/C(=C\c2cccc(Br)c2)N=C(c2ccc(F)cc2)N1c1cccc(Br)c1. The number of hydrogen-bond acceptors (Lipinski definition) is 2.